The van der Waals surface area contributed by atoms with E-state index in [1.165, 1.54) is 5.19 Å². The van der Waals surface area contributed by atoms with Gasteiger partial charge in [-0.2, -0.15) is 5.26 Å². The zero-order valence-electron chi connectivity index (χ0n) is 8.06. The molecule has 0 bridgehead atoms. The first kappa shape index (κ1) is 10.5. The predicted molar refractivity (Wildman–Crippen MR) is 61.8 cm³/mol. The minimum absolute atomic E-state index is 0.751. The van der Waals surface area contributed by atoms with Gasteiger partial charge >= 0.3 is 0 Å². The molecule has 0 atom stereocenters. The van der Waals surface area contributed by atoms with Crippen molar-refractivity contribution < 1.29 is 0 Å². The largest absolute Gasteiger partial charge is 0.192 e. The Morgan fingerprint density at radius 2 is 1.92 bits per heavy atom. The van der Waals surface area contributed by atoms with Gasteiger partial charge in [0.25, 0.3) is 0 Å². The normalized spacial score (nSPS) is 11.0. The molecule has 0 spiro atoms. The van der Waals surface area contributed by atoms with Gasteiger partial charge in [0.2, 0.25) is 0 Å². The van der Waals surface area contributed by atoms with Crippen molar-refractivity contribution >= 4 is 29.2 Å². The van der Waals surface area contributed by atoms with Crippen molar-refractivity contribution in [1.29, 1.82) is 5.26 Å². The summed E-state index contributed by atoms with van der Waals surface area (Å²) >= 11 is 3.52. The first-order valence-electron chi connectivity index (χ1n) is 4.15. The van der Waals surface area contributed by atoms with Crippen LogP contribution in [0.25, 0.3) is 0 Å². The third kappa shape index (κ3) is 2.42. The van der Waals surface area contributed by atoms with Gasteiger partial charge < -0.3 is 0 Å². The first-order chi connectivity index (χ1) is 5.95. The number of hydrogen-bond donors (Lipinski definition) is 0. The summed E-state index contributed by atoms with van der Waals surface area (Å²) in [5.74, 6) is 0. The van der Waals surface area contributed by atoms with Crippen LogP contribution < -0.4 is 5.19 Å². The Hall–Kier alpha value is -0.593. The third-order valence-corrected chi connectivity index (χ3v) is 4.99. The predicted octanol–water partition coefficient (Wildman–Crippen LogP) is 2.87. The smallest absolute Gasteiger partial charge is 0.0991 e. The second kappa shape index (κ2) is 3.65. The van der Waals surface area contributed by atoms with Gasteiger partial charge in [-0.1, -0.05) is 35.6 Å². The van der Waals surface area contributed by atoms with Crippen molar-refractivity contribution in [3.8, 4) is 6.07 Å². The second-order valence-electron chi connectivity index (χ2n) is 4.06. The summed E-state index contributed by atoms with van der Waals surface area (Å²) in [6.07, 6.45) is 0. The van der Waals surface area contributed by atoms with E-state index in [1.807, 2.05) is 18.2 Å². The van der Waals surface area contributed by atoms with Crippen LogP contribution in [0.4, 0.5) is 0 Å². The van der Waals surface area contributed by atoms with Gasteiger partial charge in [-0.3, -0.25) is 0 Å². The lowest BCUT2D eigenvalue weighted by atomic mass is 10.2. The maximum absolute atomic E-state index is 8.77. The number of halogens is 1. The summed E-state index contributed by atoms with van der Waals surface area (Å²) in [4.78, 5) is 0. The molecule has 0 heterocycles. The molecule has 0 aromatic heterocycles. The van der Waals surface area contributed by atoms with Crippen molar-refractivity contribution in [3.63, 3.8) is 0 Å². The fourth-order valence-electron chi connectivity index (χ4n) is 1.17. The fraction of sp³-hybridized carbons (Fsp3) is 0.300. The summed E-state index contributed by atoms with van der Waals surface area (Å²) < 4.78 is 1.13. The van der Waals surface area contributed by atoms with Crippen LogP contribution in [0.2, 0.25) is 19.6 Å². The molecule has 0 unspecified atom stereocenters. The summed E-state index contributed by atoms with van der Waals surface area (Å²) in [7, 11) is -1.32. The van der Waals surface area contributed by atoms with Crippen LogP contribution in [0.15, 0.2) is 22.7 Å². The molecule has 0 aliphatic carbocycles. The maximum Gasteiger partial charge on any atom is 0.0991 e. The van der Waals surface area contributed by atoms with Gasteiger partial charge in [-0.25, -0.2) is 0 Å². The number of hydrogen-bond acceptors (Lipinski definition) is 1. The molecule has 1 nitrogen and oxygen atoms in total. The number of nitriles is 1. The highest BCUT2D eigenvalue weighted by molar-refractivity contribution is 9.10. The minimum Gasteiger partial charge on any atom is -0.192 e. The lowest BCUT2D eigenvalue weighted by Gasteiger charge is -2.18. The monoisotopic (exact) mass is 253 g/mol. The van der Waals surface area contributed by atoms with Gasteiger partial charge in [0.15, 0.2) is 0 Å². The highest BCUT2D eigenvalue weighted by Gasteiger charge is 2.19. The van der Waals surface area contributed by atoms with E-state index in [1.54, 1.807) is 0 Å². The molecule has 68 valence electrons. The zero-order valence-corrected chi connectivity index (χ0v) is 10.6. The molecule has 0 aliphatic heterocycles. The Bertz CT molecular complexity index is 360. The Morgan fingerprint density at radius 3 is 2.38 bits per heavy atom. The molecule has 0 saturated heterocycles. The zero-order chi connectivity index (χ0) is 10.1. The van der Waals surface area contributed by atoms with Crippen LogP contribution in [-0.4, -0.2) is 8.07 Å². The Morgan fingerprint density at radius 1 is 1.31 bits per heavy atom. The summed E-state index contributed by atoms with van der Waals surface area (Å²) in [6, 6.07) is 7.97. The van der Waals surface area contributed by atoms with Crippen LogP contribution in [0, 0.1) is 11.3 Å². The standard InChI is InChI=1S/C10H12BrNSi/c1-13(2,3)10-6-8(7-12)4-5-9(10)11/h4-6H,1-3H3. The van der Waals surface area contributed by atoms with Gasteiger partial charge in [-0.15, -0.1) is 0 Å². The van der Waals surface area contributed by atoms with E-state index in [4.69, 9.17) is 5.26 Å². The van der Waals surface area contributed by atoms with Gasteiger partial charge in [-0.05, 0) is 23.4 Å². The van der Waals surface area contributed by atoms with Crippen LogP contribution in [-0.2, 0) is 0 Å². The molecule has 3 heteroatoms. The molecule has 0 saturated carbocycles. The minimum atomic E-state index is -1.32. The lowest BCUT2D eigenvalue weighted by molar-refractivity contribution is 1.48. The average Bonchev–Trinajstić information content (AvgIpc) is 2.03. The van der Waals surface area contributed by atoms with Gasteiger partial charge in [0.1, 0.15) is 0 Å². The van der Waals surface area contributed by atoms with E-state index in [-0.39, 0.29) is 0 Å². The van der Waals surface area contributed by atoms with Crippen LogP contribution in [0.1, 0.15) is 5.56 Å². The van der Waals surface area contributed by atoms with Gasteiger partial charge in [0.05, 0.1) is 19.7 Å². The topological polar surface area (TPSA) is 23.8 Å². The molecular weight excluding hydrogens is 242 g/mol. The van der Waals surface area contributed by atoms with E-state index in [2.05, 4.69) is 41.6 Å². The summed E-state index contributed by atoms with van der Waals surface area (Å²) in [6.45, 7) is 6.82. The van der Waals surface area contributed by atoms with E-state index in [0.717, 1.165) is 10.0 Å². The maximum atomic E-state index is 8.77. The molecular formula is C10H12BrNSi. The number of rotatable bonds is 1. The van der Waals surface area contributed by atoms with E-state index >= 15 is 0 Å². The number of benzene rings is 1. The quantitative estimate of drug-likeness (QED) is 0.707. The molecule has 1 rings (SSSR count). The van der Waals surface area contributed by atoms with Crippen LogP contribution >= 0.6 is 15.9 Å². The van der Waals surface area contributed by atoms with E-state index in [9.17, 15) is 0 Å². The van der Waals surface area contributed by atoms with Crippen molar-refractivity contribution in [1.82, 2.24) is 0 Å². The molecule has 0 radical (unpaired) electrons. The SMILES string of the molecule is C[Si](C)(C)c1cc(C#N)ccc1Br. The summed E-state index contributed by atoms with van der Waals surface area (Å²) in [5, 5.41) is 10.1. The summed E-state index contributed by atoms with van der Waals surface area (Å²) in [5.41, 5.74) is 0.751. The number of nitrogens with zero attached hydrogens (tertiary/aromatic N) is 1. The van der Waals surface area contributed by atoms with Crippen molar-refractivity contribution in [3.05, 3.63) is 28.2 Å². The molecule has 1 aromatic carbocycles. The molecule has 0 fully saturated rings. The second-order valence-corrected chi connectivity index (χ2v) is 9.95. The highest BCUT2D eigenvalue weighted by atomic mass is 79.9. The van der Waals surface area contributed by atoms with Crippen LogP contribution in [0.5, 0.6) is 0 Å². The first-order valence-corrected chi connectivity index (χ1v) is 8.44. The Labute approximate surface area is 88.5 Å². The molecule has 13 heavy (non-hydrogen) atoms. The third-order valence-electron chi connectivity index (χ3n) is 1.90. The Balaban J connectivity index is 3.29. The fourth-order valence-corrected chi connectivity index (χ4v) is 4.59. The lowest BCUT2D eigenvalue weighted by Crippen LogP contribution is -2.38. The molecule has 0 aliphatic rings. The van der Waals surface area contributed by atoms with E-state index < -0.39 is 8.07 Å². The average molecular weight is 254 g/mol. The van der Waals surface area contributed by atoms with Crippen molar-refractivity contribution in [2.24, 2.45) is 0 Å². The highest BCUT2D eigenvalue weighted by Crippen LogP contribution is 2.14. The molecule has 1 aromatic rings. The van der Waals surface area contributed by atoms with Crippen molar-refractivity contribution in [2.45, 2.75) is 19.6 Å². The van der Waals surface area contributed by atoms with Crippen molar-refractivity contribution in [2.75, 3.05) is 0 Å². The van der Waals surface area contributed by atoms with Crippen LogP contribution in [0.3, 0.4) is 0 Å². The van der Waals surface area contributed by atoms with E-state index in [0.29, 0.717) is 0 Å². The van der Waals surface area contributed by atoms with Gasteiger partial charge in [0, 0.05) is 4.47 Å². The molecule has 0 N–H and O–H groups in total. The Kier molecular flexibility index (Phi) is 2.94. The molecule has 0 amide bonds.